The lowest BCUT2D eigenvalue weighted by Crippen LogP contribution is -2.46. The zero-order valence-corrected chi connectivity index (χ0v) is 13.2. The number of nitrogens with two attached hydrogens (primary N) is 1. The lowest BCUT2D eigenvalue weighted by atomic mass is 9.63. The number of carbonyl (C=O) groups excluding carboxylic acids is 1. The standard InChI is InChI=1S/C15H26N4O/c1-14(2)6-10(7-15(3,4)9-14)18-13(20)11-8-17-19(5)12(11)16/h8,10H,6-7,9,16H2,1-5H3,(H,18,20). The Labute approximate surface area is 120 Å². The monoisotopic (exact) mass is 278 g/mol. The molecule has 1 amide bonds. The van der Waals surface area contributed by atoms with Gasteiger partial charge in [0.1, 0.15) is 11.4 Å². The predicted molar refractivity (Wildman–Crippen MR) is 80.3 cm³/mol. The second-order valence-corrected chi connectivity index (χ2v) is 7.65. The fraction of sp³-hybridized carbons (Fsp3) is 0.733. The third-order valence-electron chi connectivity index (χ3n) is 4.12. The van der Waals surface area contributed by atoms with Gasteiger partial charge in [-0.05, 0) is 30.1 Å². The second kappa shape index (κ2) is 4.79. The molecule has 0 radical (unpaired) electrons. The van der Waals surface area contributed by atoms with Gasteiger partial charge in [-0.15, -0.1) is 0 Å². The number of aromatic nitrogens is 2. The molecule has 0 atom stereocenters. The fourth-order valence-electron chi connectivity index (χ4n) is 3.83. The fourth-order valence-corrected chi connectivity index (χ4v) is 3.83. The molecule has 112 valence electrons. The molecule has 5 nitrogen and oxygen atoms in total. The highest BCUT2D eigenvalue weighted by molar-refractivity contribution is 5.98. The highest BCUT2D eigenvalue weighted by Gasteiger charge is 2.39. The van der Waals surface area contributed by atoms with Crippen LogP contribution in [-0.4, -0.2) is 21.7 Å². The number of rotatable bonds is 2. The Hall–Kier alpha value is -1.52. The van der Waals surface area contributed by atoms with E-state index in [2.05, 4.69) is 38.1 Å². The third-order valence-corrected chi connectivity index (χ3v) is 4.12. The van der Waals surface area contributed by atoms with E-state index in [1.54, 1.807) is 7.05 Å². The lowest BCUT2D eigenvalue weighted by molar-refractivity contribution is 0.0714. The maximum Gasteiger partial charge on any atom is 0.256 e. The maximum absolute atomic E-state index is 12.3. The molecular formula is C15H26N4O. The van der Waals surface area contributed by atoms with Crippen LogP contribution < -0.4 is 11.1 Å². The Morgan fingerprint density at radius 1 is 1.35 bits per heavy atom. The Balaban J connectivity index is 2.10. The van der Waals surface area contributed by atoms with Crippen LogP contribution in [0.15, 0.2) is 6.20 Å². The second-order valence-electron chi connectivity index (χ2n) is 7.65. The zero-order valence-electron chi connectivity index (χ0n) is 13.2. The smallest absolute Gasteiger partial charge is 0.256 e. The first kappa shape index (κ1) is 14.9. The molecule has 0 aliphatic heterocycles. The van der Waals surface area contributed by atoms with Crippen molar-refractivity contribution < 1.29 is 4.79 Å². The van der Waals surface area contributed by atoms with Gasteiger partial charge >= 0.3 is 0 Å². The van der Waals surface area contributed by atoms with Gasteiger partial charge in [0.15, 0.2) is 0 Å². The van der Waals surface area contributed by atoms with Crippen molar-refractivity contribution in [2.45, 2.75) is 53.0 Å². The molecule has 1 aromatic heterocycles. The summed E-state index contributed by atoms with van der Waals surface area (Å²) >= 11 is 0. The van der Waals surface area contributed by atoms with Crippen LogP contribution in [0.5, 0.6) is 0 Å². The van der Waals surface area contributed by atoms with Crippen LogP contribution in [0.1, 0.15) is 57.3 Å². The van der Waals surface area contributed by atoms with Gasteiger partial charge in [0.05, 0.1) is 6.20 Å². The first-order valence-electron chi connectivity index (χ1n) is 7.18. The van der Waals surface area contributed by atoms with Crippen molar-refractivity contribution in [3.05, 3.63) is 11.8 Å². The van der Waals surface area contributed by atoms with Crippen molar-refractivity contribution in [2.75, 3.05) is 5.73 Å². The minimum atomic E-state index is -0.117. The number of nitrogens with zero attached hydrogens (tertiary/aromatic N) is 2. The van der Waals surface area contributed by atoms with E-state index in [0.29, 0.717) is 11.4 Å². The van der Waals surface area contributed by atoms with Crippen molar-refractivity contribution in [3.63, 3.8) is 0 Å². The highest BCUT2D eigenvalue weighted by Crippen LogP contribution is 2.45. The number of hydrogen-bond donors (Lipinski definition) is 2. The topological polar surface area (TPSA) is 72.9 Å². The summed E-state index contributed by atoms with van der Waals surface area (Å²) in [5.41, 5.74) is 6.82. The Bertz CT molecular complexity index is 500. The van der Waals surface area contributed by atoms with Gasteiger partial charge < -0.3 is 11.1 Å². The van der Waals surface area contributed by atoms with Crippen molar-refractivity contribution in [1.82, 2.24) is 15.1 Å². The van der Waals surface area contributed by atoms with Crippen molar-refractivity contribution in [3.8, 4) is 0 Å². The Kier molecular flexibility index (Phi) is 3.56. The van der Waals surface area contributed by atoms with Gasteiger partial charge in [-0.25, -0.2) is 0 Å². The van der Waals surface area contributed by atoms with Gasteiger partial charge in [-0.1, -0.05) is 27.7 Å². The molecule has 0 unspecified atom stereocenters. The maximum atomic E-state index is 12.3. The molecule has 1 aliphatic carbocycles. The van der Waals surface area contributed by atoms with Crippen molar-refractivity contribution in [1.29, 1.82) is 0 Å². The summed E-state index contributed by atoms with van der Waals surface area (Å²) < 4.78 is 1.52. The molecule has 1 fully saturated rings. The van der Waals surface area contributed by atoms with Crippen LogP contribution >= 0.6 is 0 Å². The quantitative estimate of drug-likeness (QED) is 0.872. The number of anilines is 1. The SMILES string of the molecule is Cn1ncc(C(=O)NC2CC(C)(C)CC(C)(C)C2)c1N. The minimum absolute atomic E-state index is 0.117. The average molecular weight is 278 g/mol. The number of nitrogen functional groups attached to an aromatic ring is 1. The first-order valence-corrected chi connectivity index (χ1v) is 7.18. The van der Waals surface area contributed by atoms with E-state index < -0.39 is 0 Å². The lowest BCUT2D eigenvalue weighted by Gasteiger charge is -2.45. The summed E-state index contributed by atoms with van der Waals surface area (Å²) in [6.07, 6.45) is 4.72. The minimum Gasteiger partial charge on any atom is -0.383 e. The Morgan fingerprint density at radius 2 is 1.90 bits per heavy atom. The Morgan fingerprint density at radius 3 is 2.35 bits per heavy atom. The van der Waals surface area contributed by atoms with Gasteiger partial charge in [0.25, 0.3) is 5.91 Å². The summed E-state index contributed by atoms with van der Waals surface area (Å²) in [5.74, 6) is 0.297. The van der Waals surface area contributed by atoms with E-state index in [1.807, 2.05) is 0 Å². The molecule has 0 aromatic carbocycles. The van der Waals surface area contributed by atoms with Crippen LogP contribution in [0.4, 0.5) is 5.82 Å². The van der Waals surface area contributed by atoms with E-state index >= 15 is 0 Å². The number of aryl methyl sites for hydroxylation is 1. The van der Waals surface area contributed by atoms with Crippen LogP contribution in [-0.2, 0) is 7.05 Å². The highest BCUT2D eigenvalue weighted by atomic mass is 16.1. The molecule has 1 aromatic rings. The third kappa shape index (κ3) is 3.14. The number of carbonyl (C=O) groups is 1. The van der Waals surface area contributed by atoms with Crippen LogP contribution in [0.25, 0.3) is 0 Å². The zero-order chi connectivity index (χ0) is 15.1. The normalized spacial score (nSPS) is 21.6. The van der Waals surface area contributed by atoms with E-state index in [-0.39, 0.29) is 22.8 Å². The van der Waals surface area contributed by atoms with Gasteiger partial charge in [-0.3, -0.25) is 9.48 Å². The summed E-state index contributed by atoms with van der Waals surface area (Å²) in [6, 6.07) is 0.195. The van der Waals surface area contributed by atoms with Crippen LogP contribution in [0, 0.1) is 10.8 Å². The molecule has 0 saturated heterocycles. The van der Waals surface area contributed by atoms with Crippen LogP contribution in [0.3, 0.4) is 0 Å². The molecule has 1 heterocycles. The molecule has 1 aliphatic rings. The largest absolute Gasteiger partial charge is 0.383 e. The average Bonchev–Trinajstić information content (AvgIpc) is 2.54. The molecule has 2 rings (SSSR count). The first-order chi connectivity index (χ1) is 9.10. The van der Waals surface area contributed by atoms with Crippen molar-refractivity contribution >= 4 is 11.7 Å². The summed E-state index contributed by atoms with van der Waals surface area (Å²) in [5, 5.41) is 7.15. The molecule has 5 heteroatoms. The van der Waals surface area contributed by atoms with E-state index in [4.69, 9.17) is 5.73 Å². The summed E-state index contributed by atoms with van der Waals surface area (Å²) in [6.45, 7) is 9.08. The molecule has 20 heavy (non-hydrogen) atoms. The van der Waals surface area contributed by atoms with Gasteiger partial charge in [-0.2, -0.15) is 5.10 Å². The number of nitrogens with one attached hydrogen (secondary N) is 1. The molecule has 1 saturated carbocycles. The van der Waals surface area contributed by atoms with E-state index in [1.165, 1.54) is 17.3 Å². The molecule has 0 spiro atoms. The van der Waals surface area contributed by atoms with Crippen LogP contribution in [0.2, 0.25) is 0 Å². The molecular weight excluding hydrogens is 252 g/mol. The van der Waals surface area contributed by atoms with Gasteiger partial charge in [0, 0.05) is 13.1 Å². The summed E-state index contributed by atoms with van der Waals surface area (Å²) in [7, 11) is 1.74. The van der Waals surface area contributed by atoms with Crippen molar-refractivity contribution in [2.24, 2.45) is 17.9 Å². The van der Waals surface area contributed by atoms with Gasteiger partial charge in [0.2, 0.25) is 0 Å². The molecule has 0 bridgehead atoms. The summed E-state index contributed by atoms with van der Waals surface area (Å²) in [4.78, 5) is 12.3. The number of amides is 1. The molecule has 3 N–H and O–H groups in total. The predicted octanol–water partition coefficient (Wildman–Crippen LogP) is 2.34. The van der Waals surface area contributed by atoms with E-state index in [9.17, 15) is 4.79 Å². The van der Waals surface area contributed by atoms with E-state index in [0.717, 1.165) is 12.8 Å². The number of hydrogen-bond acceptors (Lipinski definition) is 3.